The zero-order valence-corrected chi connectivity index (χ0v) is 10.4. The molecule has 0 amide bonds. The highest BCUT2D eigenvalue weighted by Crippen LogP contribution is 2.28. The molecule has 1 aliphatic rings. The van der Waals surface area contributed by atoms with Crippen LogP contribution >= 0.6 is 11.8 Å². The highest BCUT2D eigenvalue weighted by atomic mass is 32.2. The van der Waals surface area contributed by atoms with Crippen molar-refractivity contribution in [1.29, 1.82) is 0 Å². The van der Waals surface area contributed by atoms with Crippen LogP contribution in [0.15, 0.2) is 0 Å². The topological polar surface area (TPSA) is 21.3 Å². The molecule has 3 heteroatoms. The van der Waals surface area contributed by atoms with Gasteiger partial charge in [0.25, 0.3) is 0 Å². The van der Waals surface area contributed by atoms with Crippen LogP contribution in [0.5, 0.6) is 0 Å². The lowest BCUT2D eigenvalue weighted by Gasteiger charge is -2.25. The Morgan fingerprint density at radius 3 is 2.86 bits per heavy atom. The Balaban J connectivity index is 2.32. The van der Waals surface area contributed by atoms with Crippen LogP contribution in [0.2, 0.25) is 0 Å². The van der Waals surface area contributed by atoms with Crippen molar-refractivity contribution in [2.24, 2.45) is 0 Å². The maximum Gasteiger partial charge on any atom is 0.0615 e. The highest BCUT2D eigenvalue weighted by molar-refractivity contribution is 7.99. The van der Waals surface area contributed by atoms with E-state index < -0.39 is 0 Å². The molecule has 1 N–H and O–H groups in total. The minimum absolute atomic E-state index is 0.540. The molecule has 0 aromatic rings. The van der Waals surface area contributed by atoms with E-state index in [-0.39, 0.29) is 0 Å². The molecule has 0 aromatic carbocycles. The van der Waals surface area contributed by atoms with E-state index in [0.717, 1.165) is 18.3 Å². The molecule has 2 nitrogen and oxygen atoms in total. The van der Waals surface area contributed by atoms with Crippen molar-refractivity contribution in [2.45, 2.75) is 49.9 Å². The van der Waals surface area contributed by atoms with E-state index in [0.29, 0.717) is 12.1 Å². The summed E-state index contributed by atoms with van der Waals surface area (Å²) in [5, 5.41) is 4.54. The first kappa shape index (κ1) is 12.3. The second kappa shape index (κ2) is 6.70. The van der Waals surface area contributed by atoms with Crippen LogP contribution in [-0.4, -0.2) is 37.3 Å². The first-order valence-electron chi connectivity index (χ1n) is 5.59. The zero-order chi connectivity index (χ0) is 10.4. The molecule has 1 aliphatic carbocycles. The van der Waals surface area contributed by atoms with Gasteiger partial charge in [0.1, 0.15) is 0 Å². The van der Waals surface area contributed by atoms with Gasteiger partial charge in [0.2, 0.25) is 0 Å². The molecular formula is C11H23NOS. The summed E-state index contributed by atoms with van der Waals surface area (Å²) in [7, 11) is 1.78. The maximum absolute atomic E-state index is 5.20. The fraction of sp³-hybridized carbons (Fsp3) is 1.00. The van der Waals surface area contributed by atoms with Crippen molar-refractivity contribution in [3.8, 4) is 0 Å². The summed E-state index contributed by atoms with van der Waals surface area (Å²) >= 11 is 2.01. The van der Waals surface area contributed by atoms with Crippen molar-refractivity contribution < 1.29 is 4.74 Å². The van der Waals surface area contributed by atoms with E-state index in [1.165, 1.54) is 19.3 Å². The van der Waals surface area contributed by atoms with Gasteiger partial charge in [0.05, 0.1) is 6.61 Å². The molecule has 0 saturated heterocycles. The van der Waals surface area contributed by atoms with Gasteiger partial charge in [-0.05, 0) is 25.5 Å². The number of nitrogens with one attached hydrogen (secondary N) is 1. The van der Waals surface area contributed by atoms with Gasteiger partial charge in [-0.15, -0.1) is 0 Å². The predicted molar refractivity (Wildman–Crippen MR) is 64.0 cm³/mol. The summed E-state index contributed by atoms with van der Waals surface area (Å²) in [5.74, 6) is 0. The van der Waals surface area contributed by atoms with Crippen LogP contribution in [0.1, 0.15) is 32.6 Å². The molecule has 1 rings (SSSR count). The fourth-order valence-electron chi connectivity index (χ4n) is 2.19. The largest absolute Gasteiger partial charge is 0.383 e. The lowest BCUT2D eigenvalue weighted by Crippen LogP contribution is -2.43. The Kier molecular flexibility index (Phi) is 5.90. The summed E-state index contributed by atoms with van der Waals surface area (Å²) in [6.45, 7) is 3.06. The average Bonchev–Trinajstić information content (AvgIpc) is 2.64. The second-order valence-corrected chi connectivity index (χ2v) is 5.12. The molecule has 3 atom stereocenters. The summed E-state index contributed by atoms with van der Waals surface area (Å²) < 4.78 is 5.20. The van der Waals surface area contributed by atoms with Gasteiger partial charge in [-0.1, -0.05) is 13.3 Å². The predicted octanol–water partition coefficient (Wildman–Crippen LogP) is 2.29. The quantitative estimate of drug-likeness (QED) is 0.737. The summed E-state index contributed by atoms with van der Waals surface area (Å²) in [4.78, 5) is 0. The Labute approximate surface area is 92.2 Å². The Morgan fingerprint density at radius 1 is 1.50 bits per heavy atom. The van der Waals surface area contributed by atoms with E-state index in [1.54, 1.807) is 7.11 Å². The number of hydrogen-bond acceptors (Lipinski definition) is 3. The Morgan fingerprint density at radius 2 is 2.29 bits per heavy atom. The van der Waals surface area contributed by atoms with Crippen LogP contribution in [-0.2, 0) is 4.74 Å². The number of ether oxygens (including phenoxy) is 1. The van der Waals surface area contributed by atoms with Gasteiger partial charge in [0, 0.05) is 24.4 Å². The SMILES string of the molecule is CC[C@H](COC)N[C@H]1CCC[C@H]1SC. The van der Waals surface area contributed by atoms with Crippen LogP contribution in [0.3, 0.4) is 0 Å². The van der Waals surface area contributed by atoms with Crippen molar-refractivity contribution in [3.63, 3.8) is 0 Å². The monoisotopic (exact) mass is 217 g/mol. The summed E-state index contributed by atoms with van der Waals surface area (Å²) in [5.41, 5.74) is 0. The van der Waals surface area contributed by atoms with Crippen LogP contribution in [0.4, 0.5) is 0 Å². The molecule has 1 fully saturated rings. The molecule has 0 radical (unpaired) electrons. The number of thioether (sulfide) groups is 1. The third kappa shape index (κ3) is 3.44. The lowest BCUT2D eigenvalue weighted by molar-refractivity contribution is 0.159. The zero-order valence-electron chi connectivity index (χ0n) is 9.58. The van der Waals surface area contributed by atoms with Crippen molar-refractivity contribution in [2.75, 3.05) is 20.0 Å². The van der Waals surface area contributed by atoms with Crippen molar-refractivity contribution >= 4 is 11.8 Å². The molecule has 0 spiro atoms. The van der Waals surface area contributed by atoms with Gasteiger partial charge in [-0.2, -0.15) is 11.8 Å². The van der Waals surface area contributed by atoms with Gasteiger partial charge in [-0.25, -0.2) is 0 Å². The van der Waals surface area contributed by atoms with Crippen LogP contribution in [0.25, 0.3) is 0 Å². The molecule has 0 aromatic heterocycles. The van der Waals surface area contributed by atoms with Crippen LogP contribution < -0.4 is 5.32 Å². The molecular weight excluding hydrogens is 194 g/mol. The molecule has 84 valence electrons. The lowest BCUT2D eigenvalue weighted by atomic mass is 10.1. The normalized spacial score (nSPS) is 29.4. The first-order valence-corrected chi connectivity index (χ1v) is 6.88. The van der Waals surface area contributed by atoms with Crippen LogP contribution in [0, 0.1) is 0 Å². The standard InChI is InChI=1S/C11H23NOS/c1-4-9(8-13-2)12-10-6-5-7-11(10)14-3/h9-12H,4-8H2,1-3H3/t9-,10+,11-/m1/s1. The second-order valence-electron chi connectivity index (χ2n) is 4.04. The number of methoxy groups -OCH3 is 1. The first-order chi connectivity index (χ1) is 6.81. The number of rotatable bonds is 6. The molecule has 0 unspecified atom stereocenters. The van der Waals surface area contributed by atoms with E-state index in [2.05, 4.69) is 18.5 Å². The third-order valence-electron chi connectivity index (χ3n) is 3.07. The molecule has 0 bridgehead atoms. The van der Waals surface area contributed by atoms with Crippen molar-refractivity contribution in [3.05, 3.63) is 0 Å². The average molecular weight is 217 g/mol. The van der Waals surface area contributed by atoms with E-state index in [4.69, 9.17) is 4.74 Å². The maximum atomic E-state index is 5.20. The Bertz CT molecular complexity index is 154. The van der Waals surface area contributed by atoms with Gasteiger partial charge < -0.3 is 10.1 Å². The van der Waals surface area contributed by atoms with Crippen molar-refractivity contribution in [1.82, 2.24) is 5.32 Å². The summed E-state index contributed by atoms with van der Waals surface area (Å²) in [6, 6.07) is 1.25. The summed E-state index contributed by atoms with van der Waals surface area (Å²) in [6.07, 6.45) is 7.48. The number of hydrogen-bond donors (Lipinski definition) is 1. The minimum atomic E-state index is 0.540. The van der Waals surface area contributed by atoms with E-state index in [9.17, 15) is 0 Å². The van der Waals surface area contributed by atoms with E-state index >= 15 is 0 Å². The van der Waals surface area contributed by atoms with E-state index in [1.807, 2.05) is 11.8 Å². The fourth-order valence-corrected chi connectivity index (χ4v) is 3.13. The molecule has 14 heavy (non-hydrogen) atoms. The van der Waals surface area contributed by atoms with Gasteiger partial charge >= 0.3 is 0 Å². The highest BCUT2D eigenvalue weighted by Gasteiger charge is 2.27. The smallest absolute Gasteiger partial charge is 0.0615 e. The van der Waals surface area contributed by atoms with Gasteiger partial charge in [-0.3, -0.25) is 0 Å². The minimum Gasteiger partial charge on any atom is -0.383 e. The molecule has 0 heterocycles. The Hall–Kier alpha value is 0.270. The third-order valence-corrected chi connectivity index (χ3v) is 4.24. The molecule has 1 saturated carbocycles. The molecule has 0 aliphatic heterocycles. The van der Waals surface area contributed by atoms with Gasteiger partial charge in [0.15, 0.2) is 0 Å².